The first kappa shape index (κ1) is 139. The normalized spacial score (nSPS) is 18.3. The molecule has 0 N–H and O–H groups in total. The number of ether oxygens (including phenoxy) is 6. The molecule has 7 aliphatic rings. The second-order valence-electron chi connectivity index (χ2n) is 42.0. The van der Waals surface area contributed by atoms with E-state index < -0.39 is 0 Å². The van der Waals surface area contributed by atoms with Gasteiger partial charge in [-0.3, -0.25) is 14.7 Å². The van der Waals surface area contributed by atoms with Gasteiger partial charge >= 0.3 is 0 Å². The fourth-order valence-electron chi connectivity index (χ4n) is 14.3. The van der Waals surface area contributed by atoms with E-state index in [0.717, 1.165) is 125 Å². The van der Waals surface area contributed by atoms with E-state index in [1.807, 2.05) is 60.5 Å². The highest BCUT2D eigenvalue weighted by Gasteiger charge is 2.27. The molecule has 7 heterocycles. The Hall–Kier alpha value is -0.950. The van der Waals surface area contributed by atoms with Crippen LogP contribution < -0.4 is 0 Å². The molecule has 7 rings (SSSR count). The van der Waals surface area contributed by atoms with Crippen LogP contribution in [0.15, 0.2) is 12.3 Å². The van der Waals surface area contributed by atoms with Crippen LogP contribution in [0.5, 0.6) is 0 Å². The molecule has 0 spiro atoms. The predicted molar refractivity (Wildman–Crippen MR) is 577 cm³/mol. The molecule has 7 aliphatic heterocycles. The summed E-state index contributed by atoms with van der Waals surface area (Å²) in [5, 5.41) is 0.782. The van der Waals surface area contributed by atoms with Gasteiger partial charge in [-0.2, -0.15) is 11.8 Å². The van der Waals surface area contributed by atoms with Crippen molar-refractivity contribution in [3.05, 3.63) is 12.3 Å². The zero-order chi connectivity index (χ0) is 100. The van der Waals surface area contributed by atoms with Gasteiger partial charge in [-0.1, -0.05) is 47.1 Å². The lowest BCUT2D eigenvalue weighted by atomic mass is 9.94. The van der Waals surface area contributed by atoms with E-state index in [4.69, 9.17) is 28.4 Å². The van der Waals surface area contributed by atoms with E-state index in [1.54, 1.807) is 14.2 Å². The minimum Gasteiger partial charge on any atom is -0.383 e. The quantitative estimate of drug-likeness (QED) is 0.0555. The molecule has 0 amide bonds. The van der Waals surface area contributed by atoms with Gasteiger partial charge in [0.25, 0.3) is 0 Å². The summed E-state index contributed by atoms with van der Waals surface area (Å²) in [6.45, 7) is 104. The Morgan fingerprint density at radius 3 is 1.02 bits per heavy atom. The number of rotatable bonds is 36. The molecule has 0 aromatic carbocycles. The Labute approximate surface area is 814 Å². The van der Waals surface area contributed by atoms with E-state index in [1.165, 1.54) is 193 Å². The summed E-state index contributed by atoms with van der Waals surface area (Å²) in [6.07, 6.45) is 16.3. The minimum atomic E-state index is 0.324. The number of likely N-dealkylation sites (tertiary alicyclic amines) is 5. The fourth-order valence-corrected chi connectivity index (χ4v) is 15.2. The van der Waals surface area contributed by atoms with Crippen molar-refractivity contribution in [1.29, 1.82) is 0 Å². The van der Waals surface area contributed by atoms with Crippen molar-refractivity contribution in [2.24, 2.45) is 11.8 Å². The molecule has 0 bridgehead atoms. The molecule has 0 aromatic heterocycles. The maximum atomic E-state index is 5.31. The van der Waals surface area contributed by atoms with Crippen LogP contribution in [0.1, 0.15) is 278 Å². The first-order chi connectivity index (χ1) is 60.3. The number of hydrogen-bond donors (Lipinski definition) is 0. The second kappa shape index (κ2) is 89.7. The smallest absolute Gasteiger partial charge is 0.0703 e. The number of likely N-dealkylation sites (N-methyl/N-ethyl adjacent to an activating group) is 6. The summed E-state index contributed by atoms with van der Waals surface area (Å²) in [4.78, 5) is 38.5. The lowest BCUT2D eigenvalue weighted by Gasteiger charge is -2.38. The molecule has 784 valence electrons. The van der Waals surface area contributed by atoms with Gasteiger partial charge in [0, 0.05) is 197 Å². The lowest BCUT2D eigenvalue weighted by molar-refractivity contribution is 0.0230. The zero-order valence-electron chi connectivity index (χ0n) is 95.7. The van der Waals surface area contributed by atoms with E-state index in [2.05, 4.69) is 336 Å². The van der Waals surface area contributed by atoms with Gasteiger partial charge in [0.15, 0.2) is 0 Å². The molecule has 0 saturated carbocycles. The van der Waals surface area contributed by atoms with Crippen LogP contribution >= 0.6 is 11.8 Å². The van der Waals surface area contributed by atoms with Crippen LogP contribution in [0.25, 0.3) is 0 Å². The van der Waals surface area contributed by atoms with Crippen molar-refractivity contribution in [1.82, 2.24) is 78.4 Å². The molecule has 7 saturated heterocycles. The third-order valence-corrected chi connectivity index (χ3v) is 26.1. The molecule has 7 fully saturated rings. The average molecular weight is 1870 g/mol. The molecular formula is C106H238N16O6S. The number of thioether (sulfide) groups is 1. The summed E-state index contributed by atoms with van der Waals surface area (Å²) in [5.41, 5.74) is 1.21. The van der Waals surface area contributed by atoms with Crippen molar-refractivity contribution in [2.75, 3.05) is 308 Å². The number of piperidine rings is 4. The Morgan fingerprint density at radius 2 is 0.698 bits per heavy atom. The van der Waals surface area contributed by atoms with Gasteiger partial charge in [0.2, 0.25) is 0 Å². The first-order valence-corrected chi connectivity index (χ1v) is 53.3. The molecule has 0 unspecified atom stereocenters. The van der Waals surface area contributed by atoms with E-state index in [-0.39, 0.29) is 0 Å². The Morgan fingerprint density at radius 1 is 0.357 bits per heavy atom. The number of hydrogen-bond acceptors (Lipinski definition) is 23. The van der Waals surface area contributed by atoms with Crippen LogP contribution in [0, 0.1) is 11.8 Å². The highest BCUT2D eigenvalue weighted by atomic mass is 32.2. The molecule has 129 heavy (non-hydrogen) atoms. The summed E-state index contributed by atoms with van der Waals surface area (Å²) >= 11 is 2.02. The SMILES string of the molecule is C=C(C)N1CCN(C(C)C)CC1.CC(C)N(C)CCN(C)C.CC(C)N1CCC(N(C)C)CC1.CC(C)N1CCCCC1.CC(C)N1CCN(C)CC1.CC(C)N1CC[C@@H](N(C)C)C1.CC(C)OCCN(C)C.CC(C)SCCN(C)C.CC1CCN(C(C)C)CC1.CCC1CCN(C(C)C)CC1.CCOCCOC(C)C.COCCN(C)C(C)C.COCCOC(C)C. The standard InChI is InChI=1S/C10H22N2.C10H20N2.C10H21N.C9H20N2.C9H19N.C8H18N2.C8H20N2.C8H17N.2C7H17NO.C7H17NS.C7H16O2.C6H14O2/c1-9(2)12-7-5-10(6-8-12)11(3)4;1-9(2)11-5-7-12(8-6-11)10(3)4;1-4-10-5-7-11(8-6-10)9(2)3;1-8(2)11-6-5-9(7-11)10(3)4;2*1-8(2)10-6-4-9(3)5-7-10;1-8(2)10(5)7-6-9(3)4;1-8(2)9-6-4-3-5-7-9;1-7(2)8(3)5-6-9-4;2*1-7(2)9-6-5-8(3)4;1-4-8-5-6-9-7(2)3;1-6(2)8-5-4-7-3/h9-10H,5-8H2,1-4H3;10H,1,5-8H2,2-4H3;9-10H,4-8H2,1-3H3;8-9H,5-7H2,1-4H3;8-9H,4-7H2,1-3H3;8H,4-7H2,1-3H3;8H,6-7H2,1-5H3;8H,3-7H2,1-2H3;3*7H,5-6H2,1-4H3;7H,4-6H2,1-3H3;6H,4-5H2,1-3H3/t;;;9-;;;;;;;;;/m...1........./s1. The first-order valence-electron chi connectivity index (χ1n) is 52.2. The third-order valence-electron chi connectivity index (χ3n) is 25.0. The maximum Gasteiger partial charge on any atom is 0.0703 e. The second-order valence-corrected chi connectivity index (χ2v) is 43.7. The molecule has 1 atom stereocenters. The minimum absolute atomic E-state index is 0.324. The lowest BCUT2D eigenvalue weighted by Crippen LogP contribution is -2.47. The van der Waals surface area contributed by atoms with Crippen LogP contribution in [-0.2, 0) is 28.4 Å². The summed E-state index contributed by atoms with van der Waals surface area (Å²) in [5.74, 6) is 3.24. The monoisotopic (exact) mass is 1860 g/mol. The molecule has 23 heteroatoms. The van der Waals surface area contributed by atoms with Crippen LogP contribution in [0.2, 0.25) is 0 Å². The van der Waals surface area contributed by atoms with Crippen LogP contribution in [0.3, 0.4) is 0 Å². The Balaban J connectivity index is -0.000000318. The predicted octanol–water partition coefficient (Wildman–Crippen LogP) is 18.2. The van der Waals surface area contributed by atoms with E-state index in [9.17, 15) is 0 Å². The van der Waals surface area contributed by atoms with Gasteiger partial charge in [0.05, 0.1) is 58.0 Å². The molecule has 22 nitrogen and oxygen atoms in total. The van der Waals surface area contributed by atoms with Gasteiger partial charge < -0.3 is 92.1 Å². The highest BCUT2D eigenvalue weighted by molar-refractivity contribution is 7.99. The van der Waals surface area contributed by atoms with Crippen molar-refractivity contribution in [3.63, 3.8) is 0 Å². The molecule has 0 radical (unpaired) electrons. The number of nitrogens with zero attached hydrogens (tertiary/aromatic N) is 16. The third kappa shape index (κ3) is 90.6. The molecule has 0 aromatic rings. The topological polar surface area (TPSA) is 107 Å². The van der Waals surface area contributed by atoms with Crippen molar-refractivity contribution < 1.29 is 28.4 Å². The zero-order valence-corrected chi connectivity index (χ0v) is 96.6. The van der Waals surface area contributed by atoms with Gasteiger partial charge in [-0.25, -0.2) is 0 Å². The van der Waals surface area contributed by atoms with Crippen molar-refractivity contribution >= 4 is 11.8 Å². The maximum absolute atomic E-state index is 5.31. The van der Waals surface area contributed by atoms with Gasteiger partial charge in [0.1, 0.15) is 0 Å². The van der Waals surface area contributed by atoms with Gasteiger partial charge in [-0.15, -0.1) is 0 Å². The van der Waals surface area contributed by atoms with E-state index in [0.29, 0.717) is 62.9 Å². The molecule has 0 aliphatic carbocycles. The highest BCUT2D eigenvalue weighted by Crippen LogP contribution is 2.23. The van der Waals surface area contributed by atoms with Crippen molar-refractivity contribution in [2.45, 2.75) is 368 Å². The Bertz CT molecular complexity index is 2170. The summed E-state index contributed by atoms with van der Waals surface area (Å²) in [6, 6.07) is 8.06. The average Bonchev–Trinajstić information content (AvgIpc) is 1.65. The van der Waals surface area contributed by atoms with Crippen LogP contribution in [-0.4, -0.2) is 477 Å². The van der Waals surface area contributed by atoms with Crippen LogP contribution in [0.4, 0.5) is 0 Å². The van der Waals surface area contributed by atoms with Gasteiger partial charge in [-0.05, 0) is 399 Å². The van der Waals surface area contributed by atoms with Crippen molar-refractivity contribution in [3.8, 4) is 0 Å². The number of allylic oxidation sites excluding steroid dienone is 1. The summed E-state index contributed by atoms with van der Waals surface area (Å²) < 4.78 is 30.4. The number of piperazine rings is 2. The fraction of sp³-hybridized carbons (Fsp3) is 0.981. The Kier molecular flexibility index (Phi) is 96.4. The summed E-state index contributed by atoms with van der Waals surface area (Å²) in [7, 11) is 31.1. The van der Waals surface area contributed by atoms with E-state index >= 15 is 0 Å². The number of methoxy groups -OCH3 is 2. The molecular weight excluding hydrogens is 1630 g/mol. The largest absolute Gasteiger partial charge is 0.383 e.